The highest BCUT2D eigenvalue weighted by atomic mass is 32.1. The van der Waals surface area contributed by atoms with Gasteiger partial charge in [-0.2, -0.15) is 4.98 Å². The lowest BCUT2D eigenvalue weighted by molar-refractivity contribution is -0.136. The van der Waals surface area contributed by atoms with Crippen LogP contribution in [0.25, 0.3) is 10.8 Å². The topological polar surface area (TPSA) is 76.2 Å². The molecule has 0 saturated carbocycles. The first kappa shape index (κ1) is 8.89. The van der Waals surface area contributed by atoms with Crippen molar-refractivity contribution in [3.63, 3.8) is 0 Å². The van der Waals surface area contributed by atoms with E-state index in [9.17, 15) is 4.79 Å². The van der Waals surface area contributed by atoms with Gasteiger partial charge in [0.15, 0.2) is 5.82 Å². The minimum atomic E-state index is -0.969. The number of aliphatic carboxylic acids is 1. The van der Waals surface area contributed by atoms with Crippen molar-refractivity contribution in [2.45, 2.75) is 6.42 Å². The number of carboxylic acid groups (broad SMARTS) is 1. The zero-order valence-electron chi connectivity index (χ0n) is 7.01. The molecule has 0 spiro atoms. The van der Waals surface area contributed by atoms with Gasteiger partial charge in [0.2, 0.25) is 0 Å². The highest BCUT2D eigenvalue weighted by Gasteiger charge is 2.11. The van der Waals surface area contributed by atoms with E-state index in [1.54, 1.807) is 0 Å². The number of thiophene rings is 1. The van der Waals surface area contributed by atoms with Crippen molar-refractivity contribution >= 4 is 17.3 Å². The maximum Gasteiger partial charge on any atom is 0.311 e. The summed E-state index contributed by atoms with van der Waals surface area (Å²) in [6, 6.07) is 3.70. The molecule has 0 aromatic carbocycles. The molecule has 0 amide bonds. The summed E-state index contributed by atoms with van der Waals surface area (Å²) in [7, 11) is 0. The Morgan fingerprint density at radius 1 is 1.64 bits per heavy atom. The van der Waals surface area contributed by atoms with Crippen molar-refractivity contribution in [1.29, 1.82) is 0 Å². The van der Waals surface area contributed by atoms with E-state index in [1.807, 2.05) is 17.5 Å². The Balaban J connectivity index is 2.22. The van der Waals surface area contributed by atoms with Gasteiger partial charge >= 0.3 is 5.97 Å². The molecule has 0 aliphatic rings. The Hall–Kier alpha value is -1.69. The van der Waals surface area contributed by atoms with Gasteiger partial charge in [-0.05, 0) is 11.4 Å². The molecule has 5 nitrogen and oxygen atoms in total. The highest BCUT2D eigenvalue weighted by Crippen LogP contribution is 2.22. The van der Waals surface area contributed by atoms with Crippen LogP contribution < -0.4 is 0 Å². The van der Waals surface area contributed by atoms with Gasteiger partial charge in [0, 0.05) is 0 Å². The van der Waals surface area contributed by atoms with E-state index in [4.69, 9.17) is 9.63 Å². The second-order valence-electron chi connectivity index (χ2n) is 2.56. The van der Waals surface area contributed by atoms with Crippen molar-refractivity contribution in [3.05, 3.63) is 23.3 Å². The van der Waals surface area contributed by atoms with Crippen molar-refractivity contribution in [2.24, 2.45) is 0 Å². The molecule has 0 unspecified atom stereocenters. The summed E-state index contributed by atoms with van der Waals surface area (Å²) < 4.78 is 4.90. The molecule has 0 bridgehead atoms. The van der Waals surface area contributed by atoms with Crippen molar-refractivity contribution in [1.82, 2.24) is 10.1 Å². The van der Waals surface area contributed by atoms with Crippen LogP contribution in [0, 0.1) is 0 Å². The zero-order chi connectivity index (χ0) is 9.97. The molecule has 2 rings (SSSR count). The van der Waals surface area contributed by atoms with Gasteiger partial charge in [-0.15, -0.1) is 11.3 Å². The standard InChI is InChI=1S/C8H6N2O3S/c11-7(12)4-6-9-8(13-10-6)5-2-1-3-14-5/h1-3H,4H2,(H,11,12). The smallest absolute Gasteiger partial charge is 0.311 e. The average molecular weight is 210 g/mol. The Morgan fingerprint density at radius 3 is 3.14 bits per heavy atom. The lowest BCUT2D eigenvalue weighted by Crippen LogP contribution is -2.01. The number of carboxylic acids is 1. The van der Waals surface area contributed by atoms with Crippen molar-refractivity contribution < 1.29 is 14.4 Å². The molecule has 0 radical (unpaired) electrons. The molecule has 14 heavy (non-hydrogen) atoms. The van der Waals surface area contributed by atoms with Crippen LogP contribution in [0.1, 0.15) is 5.82 Å². The first-order valence-corrected chi connectivity index (χ1v) is 4.72. The third-order valence-electron chi connectivity index (χ3n) is 1.51. The number of nitrogens with zero attached hydrogens (tertiary/aromatic N) is 2. The Kier molecular flexibility index (Phi) is 2.28. The van der Waals surface area contributed by atoms with Gasteiger partial charge in [0.1, 0.15) is 6.42 Å². The maximum absolute atomic E-state index is 10.3. The zero-order valence-corrected chi connectivity index (χ0v) is 7.82. The predicted octanol–water partition coefficient (Wildman–Crippen LogP) is 1.43. The van der Waals surface area contributed by atoms with Crippen LogP contribution in [-0.2, 0) is 11.2 Å². The molecular weight excluding hydrogens is 204 g/mol. The average Bonchev–Trinajstić information content (AvgIpc) is 2.69. The molecule has 0 saturated heterocycles. The molecule has 0 atom stereocenters. The number of carbonyl (C=O) groups is 1. The lowest BCUT2D eigenvalue weighted by Gasteiger charge is -1.83. The van der Waals surface area contributed by atoms with Crippen LogP contribution in [0.4, 0.5) is 0 Å². The maximum atomic E-state index is 10.3. The molecular formula is C8H6N2O3S. The van der Waals surface area contributed by atoms with Crippen LogP contribution in [-0.4, -0.2) is 21.2 Å². The second-order valence-corrected chi connectivity index (χ2v) is 3.51. The Morgan fingerprint density at radius 2 is 2.50 bits per heavy atom. The molecule has 0 aliphatic carbocycles. The summed E-state index contributed by atoms with van der Waals surface area (Å²) in [5, 5.41) is 13.9. The van der Waals surface area contributed by atoms with Crippen LogP contribution in [0.2, 0.25) is 0 Å². The normalized spacial score (nSPS) is 10.3. The molecule has 1 N–H and O–H groups in total. The quantitative estimate of drug-likeness (QED) is 0.829. The summed E-state index contributed by atoms with van der Waals surface area (Å²) >= 11 is 1.46. The summed E-state index contributed by atoms with van der Waals surface area (Å²) in [5.74, 6) is -0.402. The van der Waals surface area contributed by atoms with E-state index in [0.29, 0.717) is 5.89 Å². The number of hydrogen-bond donors (Lipinski definition) is 1. The van der Waals surface area contributed by atoms with Gasteiger partial charge in [-0.1, -0.05) is 11.2 Å². The summed E-state index contributed by atoms with van der Waals surface area (Å²) in [5.41, 5.74) is 0. The van der Waals surface area contributed by atoms with Gasteiger partial charge in [-0.25, -0.2) is 0 Å². The summed E-state index contributed by atoms with van der Waals surface area (Å²) in [4.78, 5) is 15.1. The molecule has 2 aromatic rings. The third kappa shape index (κ3) is 1.80. The fraction of sp³-hybridized carbons (Fsp3) is 0.125. The number of aromatic nitrogens is 2. The third-order valence-corrected chi connectivity index (χ3v) is 2.37. The first-order valence-electron chi connectivity index (χ1n) is 3.84. The predicted molar refractivity (Wildman–Crippen MR) is 49.0 cm³/mol. The first-order chi connectivity index (χ1) is 6.75. The number of rotatable bonds is 3. The number of hydrogen-bond acceptors (Lipinski definition) is 5. The van der Waals surface area contributed by atoms with Crippen molar-refractivity contribution in [3.8, 4) is 10.8 Å². The SMILES string of the molecule is O=C(O)Cc1noc(-c2cccs2)n1. The molecule has 6 heteroatoms. The van der Waals surface area contributed by atoms with Crippen LogP contribution >= 0.6 is 11.3 Å². The summed E-state index contributed by atoms with van der Waals surface area (Å²) in [6.07, 6.45) is -0.213. The van der Waals surface area contributed by atoms with Gasteiger partial charge in [0.25, 0.3) is 5.89 Å². The Bertz CT molecular complexity index is 435. The monoisotopic (exact) mass is 210 g/mol. The van der Waals surface area contributed by atoms with Crippen LogP contribution in [0.15, 0.2) is 22.0 Å². The fourth-order valence-electron chi connectivity index (χ4n) is 0.961. The Labute approximate surface area is 83.0 Å². The minimum Gasteiger partial charge on any atom is -0.481 e. The van der Waals surface area contributed by atoms with Gasteiger partial charge in [0.05, 0.1) is 4.88 Å². The largest absolute Gasteiger partial charge is 0.481 e. The fourth-order valence-corrected chi connectivity index (χ4v) is 1.61. The summed E-state index contributed by atoms with van der Waals surface area (Å²) in [6.45, 7) is 0. The van der Waals surface area contributed by atoms with Gasteiger partial charge < -0.3 is 9.63 Å². The van der Waals surface area contributed by atoms with E-state index < -0.39 is 5.97 Å². The molecule has 0 aliphatic heterocycles. The van der Waals surface area contributed by atoms with Crippen LogP contribution in [0.5, 0.6) is 0 Å². The van der Waals surface area contributed by atoms with E-state index in [2.05, 4.69) is 10.1 Å². The minimum absolute atomic E-state index is 0.195. The van der Waals surface area contributed by atoms with E-state index >= 15 is 0 Å². The molecule has 2 aromatic heterocycles. The molecule has 0 fully saturated rings. The molecule has 72 valence electrons. The van der Waals surface area contributed by atoms with E-state index in [-0.39, 0.29) is 12.2 Å². The van der Waals surface area contributed by atoms with Crippen molar-refractivity contribution in [2.75, 3.05) is 0 Å². The highest BCUT2D eigenvalue weighted by molar-refractivity contribution is 7.13. The lowest BCUT2D eigenvalue weighted by atomic mass is 10.4. The molecule has 2 heterocycles. The van der Waals surface area contributed by atoms with Gasteiger partial charge in [-0.3, -0.25) is 4.79 Å². The van der Waals surface area contributed by atoms with E-state index in [0.717, 1.165) is 4.88 Å². The van der Waals surface area contributed by atoms with E-state index in [1.165, 1.54) is 11.3 Å². The second kappa shape index (κ2) is 3.59. The van der Waals surface area contributed by atoms with Crippen LogP contribution in [0.3, 0.4) is 0 Å².